The van der Waals surface area contributed by atoms with Gasteiger partial charge in [-0.15, -0.1) is 0 Å². The molecule has 0 aromatic heterocycles. The summed E-state index contributed by atoms with van der Waals surface area (Å²) in [4.78, 5) is 2.57. The van der Waals surface area contributed by atoms with Gasteiger partial charge in [0, 0.05) is 19.1 Å². The molecule has 0 spiro atoms. The summed E-state index contributed by atoms with van der Waals surface area (Å²) in [7, 11) is 1.71. The van der Waals surface area contributed by atoms with E-state index in [0.717, 1.165) is 54.5 Å². The molecule has 3 heterocycles. The highest BCUT2D eigenvalue weighted by molar-refractivity contribution is 5.53. The maximum absolute atomic E-state index is 6.17. The lowest BCUT2D eigenvalue weighted by molar-refractivity contribution is 0.160. The van der Waals surface area contributed by atoms with Gasteiger partial charge in [0.05, 0.1) is 7.11 Å². The lowest BCUT2D eigenvalue weighted by Gasteiger charge is -2.41. The zero-order valence-corrected chi connectivity index (χ0v) is 17.6. The molecule has 0 saturated carbocycles. The van der Waals surface area contributed by atoms with E-state index in [1.54, 1.807) is 7.11 Å². The minimum absolute atomic E-state index is 0.317. The number of nitrogens with zero attached hydrogens (tertiary/aromatic N) is 1. The lowest BCUT2D eigenvalue weighted by atomic mass is 9.83. The molecule has 0 fully saturated rings. The summed E-state index contributed by atoms with van der Waals surface area (Å²) < 4.78 is 23.1. The number of fused-ring (bicyclic) bond motifs is 5. The summed E-state index contributed by atoms with van der Waals surface area (Å²) in [5.74, 6) is 3.35. The number of rotatable bonds is 4. The Labute approximate surface area is 182 Å². The zero-order chi connectivity index (χ0) is 20.8. The van der Waals surface area contributed by atoms with Gasteiger partial charge in [0.25, 0.3) is 0 Å². The van der Waals surface area contributed by atoms with Crippen LogP contribution in [-0.4, -0.2) is 25.3 Å². The Morgan fingerprint density at radius 3 is 2.58 bits per heavy atom. The Morgan fingerprint density at radius 1 is 0.935 bits per heavy atom. The number of ether oxygens (including phenoxy) is 4. The fourth-order valence-corrected chi connectivity index (χ4v) is 4.99. The third-order valence-corrected chi connectivity index (χ3v) is 6.61. The van der Waals surface area contributed by atoms with E-state index in [2.05, 4.69) is 41.3 Å². The van der Waals surface area contributed by atoms with Crippen LogP contribution < -0.4 is 18.9 Å². The first-order valence-corrected chi connectivity index (χ1v) is 10.8. The van der Waals surface area contributed by atoms with Crippen molar-refractivity contribution in [2.75, 3.05) is 20.4 Å². The van der Waals surface area contributed by atoms with E-state index in [1.165, 1.54) is 22.3 Å². The van der Waals surface area contributed by atoms with Crippen LogP contribution in [0.4, 0.5) is 0 Å². The van der Waals surface area contributed by atoms with Crippen molar-refractivity contribution in [3.05, 3.63) is 82.4 Å². The number of benzene rings is 3. The first-order chi connectivity index (χ1) is 15.3. The molecule has 3 aromatic rings. The Kier molecular flexibility index (Phi) is 4.50. The highest BCUT2D eigenvalue weighted by Gasteiger charge is 2.34. The highest BCUT2D eigenvalue weighted by atomic mass is 16.7. The second-order valence-corrected chi connectivity index (χ2v) is 8.39. The van der Waals surface area contributed by atoms with E-state index in [-0.39, 0.29) is 0 Å². The van der Waals surface area contributed by atoms with Crippen LogP contribution in [0.5, 0.6) is 23.0 Å². The average molecular weight is 415 g/mol. The fraction of sp³-hybridized carbons (Fsp3) is 0.308. The molecule has 3 aliphatic heterocycles. The molecule has 0 N–H and O–H groups in total. The molecule has 3 aliphatic rings. The molecule has 1 atom stereocenters. The summed E-state index contributed by atoms with van der Waals surface area (Å²) in [6.07, 6.45) is 1.99. The van der Waals surface area contributed by atoms with Crippen LogP contribution in [0, 0.1) is 0 Å². The largest absolute Gasteiger partial charge is 0.493 e. The zero-order valence-electron chi connectivity index (χ0n) is 17.6. The van der Waals surface area contributed by atoms with Crippen LogP contribution in [0.25, 0.3) is 0 Å². The van der Waals surface area contributed by atoms with Crippen molar-refractivity contribution in [2.24, 2.45) is 0 Å². The van der Waals surface area contributed by atoms with Gasteiger partial charge in [0.1, 0.15) is 6.61 Å². The van der Waals surface area contributed by atoms with Crippen molar-refractivity contribution >= 4 is 0 Å². The van der Waals surface area contributed by atoms with Crippen molar-refractivity contribution in [3.8, 4) is 23.0 Å². The Balaban J connectivity index is 1.31. The summed E-state index contributed by atoms with van der Waals surface area (Å²) in [6, 6.07) is 19.3. The molecule has 158 valence electrons. The molecule has 0 unspecified atom stereocenters. The molecule has 5 heteroatoms. The van der Waals surface area contributed by atoms with E-state index in [9.17, 15) is 0 Å². The van der Waals surface area contributed by atoms with Gasteiger partial charge in [-0.05, 0) is 64.9 Å². The molecule has 31 heavy (non-hydrogen) atoms. The van der Waals surface area contributed by atoms with E-state index in [4.69, 9.17) is 18.9 Å². The van der Waals surface area contributed by atoms with Crippen molar-refractivity contribution in [3.63, 3.8) is 0 Å². The molecule has 5 nitrogen and oxygen atoms in total. The second-order valence-electron chi connectivity index (χ2n) is 8.39. The topological polar surface area (TPSA) is 40.2 Å². The molecule has 0 saturated heterocycles. The average Bonchev–Trinajstić information content (AvgIpc) is 3.27. The van der Waals surface area contributed by atoms with Gasteiger partial charge in [-0.25, -0.2) is 0 Å². The highest BCUT2D eigenvalue weighted by Crippen LogP contribution is 2.45. The third-order valence-electron chi connectivity index (χ3n) is 6.61. The predicted molar refractivity (Wildman–Crippen MR) is 117 cm³/mol. The number of hydrogen-bond acceptors (Lipinski definition) is 5. The fourth-order valence-electron chi connectivity index (χ4n) is 4.99. The van der Waals surface area contributed by atoms with Crippen molar-refractivity contribution in [1.29, 1.82) is 0 Å². The van der Waals surface area contributed by atoms with Crippen LogP contribution in [0.1, 0.15) is 33.9 Å². The van der Waals surface area contributed by atoms with Gasteiger partial charge < -0.3 is 18.9 Å². The van der Waals surface area contributed by atoms with Gasteiger partial charge in [-0.2, -0.15) is 0 Å². The standard InChI is InChI=1S/C26H25NO4/c1-28-23-12-20-14-27-8-7-18-10-25-26(31-16-30-25)13-21(18)22(27)9-19(20)11-24(23)29-15-17-5-3-2-4-6-17/h2-6,10-13,22H,7-9,14-16H2,1H3/t22-/m0/s1. The van der Waals surface area contributed by atoms with E-state index < -0.39 is 0 Å². The minimum Gasteiger partial charge on any atom is -0.493 e. The van der Waals surface area contributed by atoms with E-state index >= 15 is 0 Å². The Bertz CT molecular complexity index is 1130. The molecule has 3 aromatic carbocycles. The number of hydrogen-bond donors (Lipinski definition) is 0. The minimum atomic E-state index is 0.317. The van der Waals surface area contributed by atoms with Crippen LogP contribution in [0.2, 0.25) is 0 Å². The maximum atomic E-state index is 6.17. The summed E-state index contributed by atoms with van der Waals surface area (Å²) in [6.45, 7) is 2.81. The molecule has 0 bridgehead atoms. The molecular formula is C26H25NO4. The van der Waals surface area contributed by atoms with Crippen LogP contribution >= 0.6 is 0 Å². The summed E-state index contributed by atoms with van der Waals surface area (Å²) >= 11 is 0. The lowest BCUT2D eigenvalue weighted by Crippen LogP contribution is -2.39. The normalized spacial score (nSPS) is 18.7. The maximum Gasteiger partial charge on any atom is 0.231 e. The first kappa shape index (κ1) is 18.6. The summed E-state index contributed by atoms with van der Waals surface area (Å²) in [5.41, 5.74) is 6.54. The number of methoxy groups -OCH3 is 1. The van der Waals surface area contributed by atoms with Crippen LogP contribution in [0.15, 0.2) is 54.6 Å². The quantitative estimate of drug-likeness (QED) is 0.620. The summed E-state index contributed by atoms with van der Waals surface area (Å²) in [5, 5.41) is 0. The van der Waals surface area contributed by atoms with E-state index in [1.807, 2.05) is 18.2 Å². The molecule has 0 aliphatic carbocycles. The first-order valence-electron chi connectivity index (χ1n) is 10.8. The SMILES string of the molecule is COc1cc2c(cc1OCc1ccccc1)C[C@H]1c3cc4c(cc3CCN1C2)OCO4. The van der Waals surface area contributed by atoms with Gasteiger partial charge in [-0.1, -0.05) is 30.3 Å². The molecule has 6 rings (SSSR count). The monoisotopic (exact) mass is 415 g/mol. The molecule has 0 amide bonds. The smallest absolute Gasteiger partial charge is 0.231 e. The van der Waals surface area contributed by atoms with Gasteiger partial charge in [0.2, 0.25) is 6.79 Å². The Hall–Kier alpha value is -3.18. The van der Waals surface area contributed by atoms with Gasteiger partial charge in [0.15, 0.2) is 23.0 Å². The van der Waals surface area contributed by atoms with Crippen molar-refractivity contribution in [1.82, 2.24) is 4.90 Å². The predicted octanol–water partition coefficient (Wildman–Crippen LogP) is 4.66. The van der Waals surface area contributed by atoms with Crippen LogP contribution in [-0.2, 0) is 26.0 Å². The van der Waals surface area contributed by atoms with Crippen molar-refractivity contribution < 1.29 is 18.9 Å². The van der Waals surface area contributed by atoms with Gasteiger partial charge in [-0.3, -0.25) is 4.90 Å². The Morgan fingerprint density at radius 2 is 1.74 bits per heavy atom. The third kappa shape index (κ3) is 3.29. The van der Waals surface area contributed by atoms with Crippen molar-refractivity contribution in [2.45, 2.75) is 32.0 Å². The van der Waals surface area contributed by atoms with Gasteiger partial charge >= 0.3 is 0 Å². The molecular weight excluding hydrogens is 390 g/mol. The van der Waals surface area contributed by atoms with Crippen LogP contribution in [0.3, 0.4) is 0 Å². The second kappa shape index (κ2) is 7.50. The van der Waals surface area contributed by atoms with E-state index in [0.29, 0.717) is 19.4 Å². The molecule has 0 radical (unpaired) electrons.